The molecule has 0 atom stereocenters. The number of unbranched alkanes of at least 4 members (excludes halogenated alkanes) is 2. The normalized spacial score (nSPS) is 22.0. The van der Waals surface area contributed by atoms with Gasteiger partial charge in [-0.15, -0.1) is 0 Å². The molecule has 2 rings (SSSR count). The van der Waals surface area contributed by atoms with Crippen LogP contribution in [-0.2, 0) is 0 Å². The van der Waals surface area contributed by atoms with Crippen LogP contribution >= 0.6 is 0 Å². The highest BCUT2D eigenvalue weighted by molar-refractivity contribution is 5.29. The molecule has 0 heterocycles. The zero-order valence-electron chi connectivity index (χ0n) is 13.5. The SMILES string of the molecule is C=CCOc1ccc([C@H]2CC[C@H](CCCCC)CC2)cc1. The van der Waals surface area contributed by atoms with Gasteiger partial charge in [0.05, 0.1) is 0 Å². The number of benzene rings is 1. The van der Waals surface area contributed by atoms with Gasteiger partial charge in [-0.25, -0.2) is 0 Å². The van der Waals surface area contributed by atoms with E-state index in [0.717, 1.165) is 17.6 Å². The van der Waals surface area contributed by atoms with Crippen molar-refractivity contribution in [2.75, 3.05) is 6.61 Å². The molecule has 0 spiro atoms. The molecule has 1 fully saturated rings. The van der Waals surface area contributed by atoms with Gasteiger partial charge in [0.1, 0.15) is 12.4 Å². The molecular weight excluding hydrogens is 256 g/mol. The maximum atomic E-state index is 5.55. The van der Waals surface area contributed by atoms with E-state index in [1.807, 2.05) is 0 Å². The molecule has 0 aliphatic heterocycles. The summed E-state index contributed by atoms with van der Waals surface area (Å²) in [7, 11) is 0. The molecule has 0 bridgehead atoms. The first-order valence-electron chi connectivity index (χ1n) is 8.67. The molecule has 0 amide bonds. The summed E-state index contributed by atoms with van der Waals surface area (Å²) in [5, 5.41) is 0. The Labute approximate surface area is 130 Å². The molecule has 0 saturated heterocycles. The summed E-state index contributed by atoms with van der Waals surface area (Å²) in [5.41, 5.74) is 1.49. The van der Waals surface area contributed by atoms with Crippen LogP contribution in [0.3, 0.4) is 0 Å². The minimum absolute atomic E-state index is 0.586. The molecule has 0 radical (unpaired) electrons. The Bertz CT molecular complexity index is 398. The average molecular weight is 286 g/mol. The third-order valence-electron chi connectivity index (χ3n) is 4.78. The van der Waals surface area contributed by atoms with Crippen LogP contribution in [0.1, 0.15) is 69.8 Å². The van der Waals surface area contributed by atoms with Crippen molar-refractivity contribution in [1.82, 2.24) is 0 Å². The van der Waals surface area contributed by atoms with Gasteiger partial charge in [-0.3, -0.25) is 0 Å². The third-order valence-corrected chi connectivity index (χ3v) is 4.78. The van der Waals surface area contributed by atoms with E-state index in [1.54, 1.807) is 6.08 Å². The first-order chi connectivity index (χ1) is 10.3. The highest BCUT2D eigenvalue weighted by Crippen LogP contribution is 2.38. The molecule has 116 valence electrons. The largest absolute Gasteiger partial charge is 0.490 e. The van der Waals surface area contributed by atoms with Crippen LogP contribution in [0.15, 0.2) is 36.9 Å². The van der Waals surface area contributed by atoms with Crippen molar-refractivity contribution < 1.29 is 4.74 Å². The van der Waals surface area contributed by atoms with Crippen molar-refractivity contribution in [1.29, 1.82) is 0 Å². The molecular formula is C20H30O. The standard InChI is InChI=1S/C20H30O/c1-3-5-6-7-17-8-10-18(11-9-17)19-12-14-20(15-13-19)21-16-4-2/h4,12-15,17-18H,2-3,5-11,16H2,1H3/t17-,18-. The van der Waals surface area contributed by atoms with E-state index in [-0.39, 0.29) is 0 Å². The number of rotatable bonds is 8. The lowest BCUT2D eigenvalue weighted by Gasteiger charge is -2.29. The summed E-state index contributed by atoms with van der Waals surface area (Å²) in [5.74, 6) is 2.70. The topological polar surface area (TPSA) is 9.23 Å². The van der Waals surface area contributed by atoms with E-state index >= 15 is 0 Å². The van der Waals surface area contributed by atoms with E-state index in [1.165, 1.54) is 56.9 Å². The molecule has 0 N–H and O–H groups in total. The minimum atomic E-state index is 0.586. The van der Waals surface area contributed by atoms with Crippen LogP contribution in [-0.4, -0.2) is 6.61 Å². The molecule has 1 saturated carbocycles. The van der Waals surface area contributed by atoms with Gasteiger partial charge in [-0.2, -0.15) is 0 Å². The van der Waals surface area contributed by atoms with Gasteiger partial charge in [0.2, 0.25) is 0 Å². The smallest absolute Gasteiger partial charge is 0.119 e. The second-order valence-electron chi connectivity index (χ2n) is 6.38. The number of hydrogen-bond acceptors (Lipinski definition) is 1. The zero-order valence-corrected chi connectivity index (χ0v) is 13.5. The van der Waals surface area contributed by atoms with E-state index in [2.05, 4.69) is 37.8 Å². The predicted molar refractivity (Wildman–Crippen MR) is 91.0 cm³/mol. The lowest BCUT2D eigenvalue weighted by Crippen LogP contribution is -2.13. The van der Waals surface area contributed by atoms with Crippen molar-refractivity contribution in [2.24, 2.45) is 5.92 Å². The first kappa shape index (κ1) is 16.1. The molecule has 1 aliphatic rings. The fourth-order valence-electron chi connectivity index (χ4n) is 3.46. The molecule has 1 nitrogen and oxygen atoms in total. The van der Waals surface area contributed by atoms with E-state index in [0.29, 0.717) is 6.61 Å². The van der Waals surface area contributed by atoms with Gasteiger partial charge in [-0.05, 0) is 55.2 Å². The molecule has 0 unspecified atom stereocenters. The Hall–Kier alpha value is -1.24. The van der Waals surface area contributed by atoms with E-state index < -0.39 is 0 Å². The van der Waals surface area contributed by atoms with Crippen molar-refractivity contribution in [3.63, 3.8) is 0 Å². The van der Waals surface area contributed by atoms with Crippen molar-refractivity contribution in [2.45, 2.75) is 64.2 Å². The molecule has 1 aliphatic carbocycles. The lowest BCUT2D eigenvalue weighted by atomic mass is 9.77. The van der Waals surface area contributed by atoms with Gasteiger partial charge < -0.3 is 4.74 Å². The Morgan fingerprint density at radius 2 is 1.81 bits per heavy atom. The van der Waals surface area contributed by atoms with Crippen LogP contribution in [0.4, 0.5) is 0 Å². The molecule has 0 aromatic heterocycles. The fourth-order valence-corrected chi connectivity index (χ4v) is 3.46. The monoisotopic (exact) mass is 286 g/mol. The Morgan fingerprint density at radius 3 is 2.43 bits per heavy atom. The Kier molecular flexibility index (Phi) is 6.85. The second-order valence-corrected chi connectivity index (χ2v) is 6.38. The van der Waals surface area contributed by atoms with E-state index in [4.69, 9.17) is 4.74 Å². The van der Waals surface area contributed by atoms with Gasteiger partial charge in [-0.1, -0.05) is 57.4 Å². The summed E-state index contributed by atoms with van der Waals surface area (Å²) in [4.78, 5) is 0. The van der Waals surface area contributed by atoms with Gasteiger partial charge in [0, 0.05) is 0 Å². The predicted octanol–water partition coefficient (Wildman–Crippen LogP) is 6.11. The summed E-state index contributed by atoms with van der Waals surface area (Å²) < 4.78 is 5.55. The highest BCUT2D eigenvalue weighted by Gasteiger charge is 2.21. The van der Waals surface area contributed by atoms with Crippen LogP contribution in [0.2, 0.25) is 0 Å². The van der Waals surface area contributed by atoms with Crippen molar-refractivity contribution in [3.8, 4) is 5.75 Å². The summed E-state index contributed by atoms with van der Waals surface area (Å²) in [6, 6.07) is 8.71. The van der Waals surface area contributed by atoms with Crippen LogP contribution in [0.25, 0.3) is 0 Å². The first-order valence-corrected chi connectivity index (χ1v) is 8.67. The molecule has 1 heteroatoms. The van der Waals surface area contributed by atoms with Gasteiger partial charge in [0.25, 0.3) is 0 Å². The van der Waals surface area contributed by atoms with Crippen molar-refractivity contribution >= 4 is 0 Å². The van der Waals surface area contributed by atoms with Crippen LogP contribution < -0.4 is 4.74 Å². The number of hydrogen-bond donors (Lipinski definition) is 0. The van der Waals surface area contributed by atoms with Gasteiger partial charge in [0.15, 0.2) is 0 Å². The zero-order chi connectivity index (χ0) is 14.9. The third kappa shape index (κ3) is 5.22. The fraction of sp³-hybridized carbons (Fsp3) is 0.600. The Balaban J connectivity index is 1.77. The highest BCUT2D eigenvalue weighted by atomic mass is 16.5. The lowest BCUT2D eigenvalue weighted by molar-refractivity contribution is 0.302. The van der Waals surface area contributed by atoms with Crippen molar-refractivity contribution in [3.05, 3.63) is 42.5 Å². The summed E-state index contributed by atoms with van der Waals surface area (Å²) in [6.07, 6.45) is 13.0. The van der Waals surface area contributed by atoms with E-state index in [9.17, 15) is 0 Å². The summed E-state index contributed by atoms with van der Waals surface area (Å²) in [6.45, 7) is 6.55. The Morgan fingerprint density at radius 1 is 1.10 bits per heavy atom. The average Bonchev–Trinajstić information content (AvgIpc) is 2.54. The molecule has 1 aromatic carbocycles. The molecule has 21 heavy (non-hydrogen) atoms. The second kappa shape index (κ2) is 8.92. The molecule has 1 aromatic rings. The maximum absolute atomic E-state index is 5.55. The van der Waals surface area contributed by atoms with Crippen LogP contribution in [0.5, 0.6) is 5.75 Å². The number of ether oxygens (including phenoxy) is 1. The summed E-state index contributed by atoms with van der Waals surface area (Å²) >= 11 is 0. The quantitative estimate of drug-likeness (QED) is 0.414. The minimum Gasteiger partial charge on any atom is -0.490 e. The van der Waals surface area contributed by atoms with Gasteiger partial charge >= 0.3 is 0 Å². The van der Waals surface area contributed by atoms with Crippen LogP contribution in [0, 0.1) is 5.92 Å². The maximum Gasteiger partial charge on any atom is 0.119 e.